The monoisotopic (exact) mass is 335 g/mol. The zero-order valence-corrected chi connectivity index (χ0v) is 13.5. The summed E-state index contributed by atoms with van der Waals surface area (Å²) in [4.78, 5) is 38.3. The molecule has 2 heterocycles. The first kappa shape index (κ1) is 15.8. The number of nitrogens with one attached hydrogen (secondary N) is 2. The van der Waals surface area contributed by atoms with Crippen LogP contribution >= 0.6 is 11.6 Å². The number of carbonyl (C=O) groups excluding carboxylic acids is 3. The summed E-state index contributed by atoms with van der Waals surface area (Å²) in [5.41, 5.74) is 0.463. The second-order valence-electron chi connectivity index (χ2n) is 5.89. The lowest BCUT2D eigenvalue weighted by Crippen LogP contribution is -2.60. The zero-order valence-electron chi connectivity index (χ0n) is 12.7. The third kappa shape index (κ3) is 3.03. The van der Waals surface area contributed by atoms with Gasteiger partial charge in [0.05, 0.1) is 0 Å². The van der Waals surface area contributed by atoms with Gasteiger partial charge >= 0.3 is 0 Å². The van der Waals surface area contributed by atoms with Crippen LogP contribution in [0.25, 0.3) is 0 Å². The summed E-state index contributed by atoms with van der Waals surface area (Å²) < 4.78 is 0. The van der Waals surface area contributed by atoms with Crippen LogP contribution in [0, 0.1) is 0 Å². The maximum Gasteiger partial charge on any atom is 0.251 e. The van der Waals surface area contributed by atoms with Crippen molar-refractivity contribution in [2.75, 3.05) is 6.54 Å². The van der Waals surface area contributed by atoms with Crippen molar-refractivity contribution < 1.29 is 14.4 Å². The predicted molar refractivity (Wildman–Crippen MR) is 85.0 cm³/mol. The Morgan fingerprint density at radius 1 is 1.43 bits per heavy atom. The zero-order chi connectivity index (χ0) is 16.6. The maximum atomic E-state index is 12.3. The number of nitrogens with zero attached hydrogens (tertiary/aromatic N) is 1. The molecule has 0 bridgehead atoms. The minimum absolute atomic E-state index is 0.0726. The Kier molecular flexibility index (Phi) is 4.26. The van der Waals surface area contributed by atoms with Crippen LogP contribution in [-0.2, 0) is 9.59 Å². The van der Waals surface area contributed by atoms with Gasteiger partial charge in [-0.3, -0.25) is 14.4 Å². The Bertz CT molecular complexity index is 664. The summed E-state index contributed by atoms with van der Waals surface area (Å²) in [5.74, 6) is -0.468. The molecule has 2 N–H and O–H groups in total. The number of fused-ring (bicyclic) bond motifs is 1. The Hall–Kier alpha value is -2.08. The Labute approximate surface area is 139 Å². The number of hydrogen-bond donors (Lipinski definition) is 2. The highest BCUT2D eigenvalue weighted by molar-refractivity contribution is 6.30. The maximum absolute atomic E-state index is 12.3. The Balaban J connectivity index is 1.69. The van der Waals surface area contributed by atoms with Gasteiger partial charge in [-0.1, -0.05) is 24.6 Å². The van der Waals surface area contributed by atoms with Crippen LogP contribution in [0.5, 0.6) is 0 Å². The average Bonchev–Trinajstić information content (AvgIpc) is 2.95. The summed E-state index contributed by atoms with van der Waals surface area (Å²) in [6, 6.07) is 5.48. The van der Waals surface area contributed by atoms with Gasteiger partial charge in [0, 0.05) is 23.2 Å². The first-order chi connectivity index (χ1) is 11.0. The minimum Gasteiger partial charge on any atom is -0.347 e. The largest absolute Gasteiger partial charge is 0.347 e. The molecule has 1 aromatic carbocycles. The number of piperazine rings is 1. The second-order valence-corrected chi connectivity index (χ2v) is 6.33. The molecule has 0 aliphatic carbocycles. The van der Waals surface area contributed by atoms with Crippen molar-refractivity contribution in [2.24, 2.45) is 0 Å². The van der Waals surface area contributed by atoms with Crippen LogP contribution in [0.1, 0.15) is 30.1 Å². The Morgan fingerprint density at radius 2 is 2.22 bits per heavy atom. The van der Waals surface area contributed by atoms with Crippen molar-refractivity contribution >= 4 is 29.3 Å². The number of amides is 3. The second kappa shape index (κ2) is 6.20. The Morgan fingerprint density at radius 3 is 2.91 bits per heavy atom. The summed E-state index contributed by atoms with van der Waals surface area (Å²) in [5, 5.41) is 6.11. The number of benzene rings is 1. The molecule has 2 aliphatic rings. The molecule has 1 aromatic rings. The molecule has 7 heteroatoms. The normalized spacial score (nSPS) is 26.7. The van der Waals surface area contributed by atoms with E-state index in [1.54, 1.807) is 29.2 Å². The number of rotatable bonds is 3. The van der Waals surface area contributed by atoms with E-state index in [0.717, 1.165) is 0 Å². The van der Waals surface area contributed by atoms with E-state index in [1.165, 1.54) is 0 Å². The highest BCUT2D eigenvalue weighted by Crippen LogP contribution is 2.24. The fraction of sp³-hybridized carbons (Fsp3) is 0.438. The lowest BCUT2D eigenvalue weighted by Gasteiger charge is -2.33. The molecular weight excluding hydrogens is 318 g/mol. The fourth-order valence-electron chi connectivity index (χ4n) is 3.14. The van der Waals surface area contributed by atoms with Gasteiger partial charge in [-0.2, -0.15) is 0 Å². The molecule has 3 atom stereocenters. The van der Waals surface area contributed by atoms with E-state index in [0.29, 0.717) is 30.0 Å². The molecule has 122 valence electrons. The molecule has 2 aliphatic heterocycles. The smallest absolute Gasteiger partial charge is 0.251 e. The molecule has 6 nitrogen and oxygen atoms in total. The van der Waals surface area contributed by atoms with E-state index in [2.05, 4.69) is 10.6 Å². The summed E-state index contributed by atoms with van der Waals surface area (Å²) in [7, 11) is 0. The molecule has 0 radical (unpaired) electrons. The van der Waals surface area contributed by atoms with E-state index in [-0.39, 0.29) is 23.8 Å². The number of halogens is 1. The molecule has 0 aromatic heterocycles. The van der Waals surface area contributed by atoms with Gasteiger partial charge in [-0.25, -0.2) is 0 Å². The van der Waals surface area contributed by atoms with Crippen molar-refractivity contribution in [1.82, 2.24) is 15.5 Å². The minimum atomic E-state index is -0.491. The molecule has 3 rings (SSSR count). The lowest BCUT2D eigenvalue weighted by molar-refractivity contribution is -0.147. The molecular formula is C16H18ClN3O3. The van der Waals surface area contributed by atoms with E-state index in [1.807, 2.05) is 6.92 Å². The first-order valence-electron chi connectivity index (χ1n) is 7.67. The predicted octanol–water partition coefficient (Wildman–Crippen LogP) is 0.948. The van der Waals surface area contributed by atoms with E-state index in [9.17, 15) is 14.4 Å². The van der Waals surface area contributed by atoms with Crippen molar-refractivity contribution in [1.29, 1.82) is 0 Å². The lowest BCUT2D eigenvalue weighted by atomic mass is 10.1. The molecule has 23 heavy (non-hydrogen) atoms. The van der Waals surface area contributed by atoms with Gasteiger partial charge in [0.15, 0.2) is 0 Å². The third-order valence-corrected chi connectivity index (χ3v) is 4.57. The average molecular weight is 336 g/mol. The van der Waals surface area contributed by atoms with Gasteiger partial charge in [0.2, 0.25) is 11.8 Å². The van der Waals surface area contributed by atoms with Crippen LogP contribution in [0.2, 0.25) is 5.02 Å². The molecule has 2 saturated heterocycles. The van der Waals surface area contributed by atoms with Crippen molar-refractivity contribution in [3.8, 4) is 0 Å². The van der Waals surface area contributed by atoms with E-state index >= 15 is 0 Å². The first-order valence-corrected chi connectivity index (χ1v) is 8.04. The highest BCUT2D eigenvalue weighted by atomic mass is 35.5. The van der Waals surface area contributed by atoms with E-state index in [4.69, 9.17) is 11.6 Å². The molecule has 3 amide bonds. The summed E-state index contributed by atoms with van der Waals surface area (Å²) in [6.07, 6.45) is 0.994. The van der Waals surface area contributed by atoms with Crippen LogP contribution in [0.15, 0.2) is 24.3 Å². The highest BCUT2D eigenvalue weighted by Gasteiger charge is 2.46. The molecule has 2 fully saturated rings. The summed E-state index contributed by atoms with van der Waals surface area (Å²) in [6.45, 7) is 2.22. The van der Waals surface area contributed by atoms with Gasteiger partial charge in [0.25, 0.3) is 5.91 Å². The third-order valence-electron chi connectivity index (χ3n) is 4.33. The van der Waals surface area contributed by atoms with Gasteiger partial charge in [-0.15, -0.1) is 0 Å². The standard InChI is InChI=1S/C16H18ClN3O3/c1-2-12-16(23)20-8-11(7-13(20)15(22)19-12)18-14(21)9-4-3-5-10(17)6-9/h3-6,11-13H,2,7-8H2,1H3,(H,18,21)(H,19,22)/t11-,12-,13-/m0/s1. The van der Waals surface area contributed by atoms with E-state index < -0.39 is 12.1 Å². The SMILES string of the molecule is CC[C@@H]1NC(=O)[C@@H]2C[C@H](NC(=O)c3cccc(Cl)c3)CN2C1=O. The quantitative estimate of drug-likeness (QED) is 0.863. The fourth-order valence-corrected chi connectivity index (χ4v) is 3.33. The molecule has 0 saturated carbocycles. The van der Waals surface area contributed by atoms with Crippen molar-refractivity contribution in [3.05, 3.63) is 34.9 Å². The van der Waals surface area contributed by atoms with Gasteiger partial charge in [0.1, 0.15) is 12.1 Å². The van der Waals surface area contributed by atoms with Crippen molar-refractivity contribution in [3.63, 3.8) is 0 Å². The van der Waals surface area contributed by atoms with Gasteiger partial charge < -0.3 is 15.5 Å². The van der Waals surface area contributed by atoms with Crippen molar-refractivity contribution in [2.45, 2.75) is 37.9 Å². The van der Waals surface area contributed by atoms with Gasteiger partial charge in [-0.05, 0) is 31.0 Å². The molecule has 0 unspecified atom stereocenters. The summed E-state index contributed by atoms with van der Waals surface area (Å²) >= 11 is 5.89. The topological polar surface area (TPSA) is 78.5 Å². The number of carbonyl (C=O) groups is 3. The van der Waals surface area contributed by atoms with Crippen LogP contribution in [-0.4, -0.2) is 47.3 Å². The molecule has 0 spiro atoms. The van der Waals surface area contributed by atoms with Crippen LogP contribution < -0.4 is 10.6 Å². The number of hydrogen-bond acceptors (Lipinski definition) is 3. The van der Waals surface area contributed by atoms with Crippen LogP contribution in [0.4, 0.5) is 0 Å². The van der Waals surface area contributed by atoms with Crippen LogP contribution in [0.3, 0.4) is 0 Å².